The molecule has 0 saturated carbocycles. The van der Waals surface area contributed by atoms with Gasteiger partial charge in [0.05, 0.1) is 11.2 Å². The Morgan fingerprint density at radius 1 is 1.14 bits per heavy atom. The van der Waals surface area contributed by atoms with E-state index in [1.807, 2.05) is 6.20 Å². The third-order valence-electron chi connectivity index (χ3n) is 4.18. The normalized spacial score (nSPS) is 16.3. The first-order chi connectivity index (χ1) is 10.3. The van der Waals surface area contributed by atoms with Crippen LogP contribution in [0.2, 0.25) is 0 Å². The predicted octanol–water partition coefficient (Wildman–Crippen LogP) is 4.75. The summed E-state index contributed by atoms with van der Waals surface area (Å²) in [5.74, 6) is 0.618. The number of rotatable bonds is 3. The summed E-state index contributed by atoms with van der Waals surface area (Å²) in [6.07, 6.45) is 3.03. The van der Waals surface area contributed by atoms with Crippen LogP contribution in [0.15, 0.2) is 59.2 Å². The van der Waals surface area contributed by atoms with Gasteiger partial charge in [-0.15, -0.1) is 0 Å². The fourth-order valence-electron chi connectivity index (χ4n) is 3.05. The molecule has 21 heavy (non-hydrogen) atoms. The fraction of sp³-hybridized carbons (Fsp3) is 0.167. The van der Waals surface area contributed by atoms with E-state index in [4.69, 9.17) is 0 Å². The van der Waals surface area contributed by atoms with Gasteiger partial charge >= 0.3 is 0 Å². The Balaban J connectivity index is 1.56. The number of nitrogens with zero attached hydrogens (tertiary/aromatic N) is 1. The Labute approximate surface area is 132 Å². The van der Waals surface area contributed by atoms with Gasteiger partial charge in [-0.05, 0) is 45.6 Å². The van der Waals surface area contributed by atoms with Crippen molar-refractivity contribution in [3.63, 3.8) is 0 Å². The molecule has 1 aromatic heterocycles. The summed E-state index contributed by atoms with van der Waals surface area (Å²) in [7, 11) is 0. The van der Waals surface area contributed by atoms with Crippen LogP contribution in [-0.4, -0.2) is 11.5 Å². The molecule has 3 heteroatoms. The minimum atomic E-state index is 0.618. The van der Waals surface area contributed by atoms with Gasteiger partial charge in [-0.25, -0.2) is 0 Å². The third kappa shape index (κ3) is 2.32. The third-order valence-corrected chi connectivity index (χ3v) is 4.61. The van der Waals surface area contributed by atoms with Crippen molar-refractivity contribution in [2.45, 2.75) is 12.3 Å². The van der Waals surface area contributed by atoms with Crippen LogP contribution in [-0.2, 0) is 6.42 Å². The standard InChI is InChI=1S/C18H15BrN2/c19-15-9-13-5-3-7-17(18(13)21-11-15)20-10-14-8-12-4-1-2-6-16(12)14/h1-7,9,11,14,20H,8,10H2. The molecule has 2 aromatic carbocycles. The smallest absolute Gasteiger partial charge is 0.0934 e. The number of fused-ring (bicyclic) bond motifs is 2. The molecule has 1 unspecified atom stereocenters. The molecule has 0 fully saturated rings. The lowest BCUT2D eigenvalue weighted by atomic mass is 9.77. The van der Waals surface area contributed by atoms with Crippen LogP contribution in [0.1, 0.15) is 17.0 Å². The molecule has 0 spiro atoms. The summed E-state index contributed by atoms with van der Waals surface area (Å²) in [4.78, 5) is 4.54. The second-order valence-corrected chi connectivity index (χ2v) is 6.43. The number of para-hydroxylation sites is 1. The molecule has 0 amide bonds. The van der Waals surface area contributed by atoms with Gasteiger partial charge < -0.3 is 5.32 Å². The van der Waals surface area contributed by atoms with Gasteiger partial charge in [-0.2, -0.15) is 0 Å². The molecule has 4 rings (SSSR count). The number of halogens is 1. The highest BCUT2D eigenvalue weighted by atomic mass is 79.9. The second kappa shape index (κ2) is 5.15. The van der Waals surface area contributed by atoms with Crippen molar-refractivity contribution < 1.29 is 0 Å². The van der Waals surface area contributed by atoms with Crippen LogP contribution in [0.25, 0.3) is 10.9 Å². The Kier molecular flexibility index (Phi) is 3.15. The number of hydrogen-bond acceptors (Lipinski definition) is 2. The first-order valence-corrected chi connectivity index (χ1v) is 7.96. The van der Waals surface area contributed by atoms with Crippen LogP contribution in [0.3, 0.4) is 0 Å². The Hall–Kier alpha value is -1.87. The van der Waals surface area contributed by atoms with Crippen molar-refractivity contribution >= 4 is 32.5 Å². The van der Waals surface area contributed by atoms with Crippen molar-refractivity contribution in [3.8, 4) is 0 Å². The SMILES string of the molecule is Brc1cnc2c(NCC3Cc4ccccc43)cccc2c1. The van der Waals surface area contributed by atoms with Gasteiger partial charge in [0.15, 0.2) is 0 Å². The van der Waals surface area contributed by atoms with E-state index < -0.39 is 0 Å². The zero-order valence-corrected chi connectivity index (χ0v) is 13.1. The van der Waals surface area contributed by atoms with Gasteiger partial charge in [-0.1, -0.05) is 36.4 Å². The van der Waals surface area contributed by atoms with Crippen molar-refractivity contribution in [3.05, 3.63) is 70.3 Å². The summed E-state index contributed by atoms with van der Waals surface area (Å²) in [6, 6.07) is 17.1. The van der Waals surface area contributed by atoms with Gasteiger partial charge in [-0.3, -0.25) is 4.98 Å². The molecule has 0 radical (unpaired) electrons. The molecule has 3 aromatic rings. The maximum absolute atomic E-state index is 4.54. The van der Waals surface area contributed by atoms with E-state index in [0.29, 0.717) is 5.92 Å². The van der Waals surface area contributed by atoms with Crippen LogP contribution in [0, 0.1) is 0 Å². The zero-order chi connectivity index (χ0) is 14.2. The highest BCUT2D eigenvalue weighted by molar-refractivity contribution is 9.10. The molecule has 0 saturated heterocycles. The van der Waals surface area contributed by atoms with Crippen LogP contribution in [0.5, 0.6) is 0 Å². The Morgan fingerprint density at radius 2 is 2.05 bits per heavy atom. The van der Waals surface area contributed by atoms with Gasteiger partial charge in [0, 0.05) is 28.5 Å². The lowest BCUT2D eigenvalue weighted by Crippen LogP contribution is -2.24. The lowest BCUT2D eigenvalue weighted by Gasteiger charge is -2.30. The van der Waals surface area contributed by atoms with E-state index >= 15 is 0 Å². The molecule has 1 aliphatic rings. The van der Waals surface area contributed by atoms with Crippen molar-refractivity contribution in [2.24, 2.45) is 0 Å². The Bertz CT molecular complexity index is 813. The topological polar surface area (TPSA) is 24.9 Å². The molecular weight excluding hydrogens is 324 g/mol. The van der Waals surface area contributed by atoms with Gasteiger partial charge in [0.2, 0.25) is 0 Å². The highest BCUT2D eigenvalue weighted by Gasteiger charge is 2.24. The van der Waals surface area contributed by atoms with Crippen LogP contribution < -0.4 is 5.32 Å². The summed E-state index contributed by atoms with van der Waals surface area (Å²) < 4.78 is 1.01. The number of benzene rings is 2. The van der Waals surface area contributed by atoms with Crippen molar-refractivity contribution in [1.82, 2.24) is 4.98 Å². The quantitative estimate of drug-likeness (QED) is 0.745. The highest BCUT2D eigenvalue weighted by Crippen LogP contribution is 2.35. The summed E-state index contributed by atoms with van der Waals surface area (Å²) >= 11 is 3.47. The van der Waals surface area contributed by atoms with Crippen LogP contribution in [0.4, 0.5) is 5.69 Å². The van der Waals surface area contributed by atoms with Gasteiger partial charge in [0.25, 0.3) is 0 Å². The first-order valence-electron chi connectivity index (χ1n) is 7.17. The molecule has 2 nitrogen and oxygen atoms in total. The fourth-order valence-corrected chi connectivity index (χ4v) is 3.40. The van der Waals surface area contributed by atoms with E-state index in [-0.39, 0.29) is 0 Å². The zero-order valence-electron chi connectivity index (χ0n) is 11.5. The minimum absolute atomic E-state index is 0.618. The minimum Gasteiger partial charge on any atom is -0.383 e. The first kappa shape index (κ1) is 12.8. The molecular formula is C18H15BrN2. The molecule has 104 valence electrons. The number of hydrogen-bond donors (Lipinski definition) is 1. The van der Waals surface area contributed by atoms with E-state index in [0.717, 1.165) is 27.6 Å². The van der Waals surface area contributed by atoms with E-state index in [1.165, 1.54) is 17.5 Å². The summed E-state index contributed by atoms with van der Waals surface area (Å²) in [5, 5.41) is 4.73. The molecule has 0 aliphatic heterocycles. The molecule has 1 atom stereocenters. The maximum Gasteiger partial charge on any atom is 0.0934 e. The van der Waals surface area contributed by atoms with Crippen molar-refractivity contribution in [2.75, 3.05) is 11.9 Å². The number of nitrogens with one attached hydrogen (secondary N) is 1. The number of anilines is 1. The number of aromatic nitrogens is 1. The Morgan fingerprint density at radius 3 is 2.95 bits per heavy atom. The van der Waals surface area contributed by atoms with Gasteiger partial charge in [0.1, 0.15) is 0 Å². The van der Waals surface area contributed by atoms with Crippen molar-refractivity contribution in [1.29, 1.82) is 0 Å². The monoisotopic (exact) mass is 338 g/mol. The molecule has 1 aliphatic carbocycles. The molecule has 1 heterocycles. The number of pyridine rings is 1. The largest absolute Gasteiger partial charge is 0.383 e. The van der Waals surface area contributed by atoms with Crippen LogP contribution >= 0.6 is 15.9 Å². The maximum atomic E-state index is 4.54. The predicted molar refractivity (Wildman–Crippen MR) is 90.8 cm³/mol. The van der Waals surface area contributed by atoms with E-state index in [9.17, 15) is 0 Å². The average molecular weight is 339 g/mol. The second-order valence-electron chi connectivity index (χ2n) is 5.51. The van der Waals surface area contributed by atoms with E-state index in [2.05, 4.69) is 74.8 Å². The lowest BCUT2D eigenvalue weighted by molar-refractivity contribution is 0.636. The average Bonchev–Trinajstić information content (AvgIpc) is 2.48. The van der Waals surface area contributed by atoms with E-state index in [1.54, 1.807) is 0 Å². The summed E-state index contributed by atoms with van der Waals surface area (Å²) in [6.45, 7) is 0.966. The molecule has 0 bridgehead atoms. The molecule has 1 N–H and O–H groups in total. The summed E-state index contributed by atoms with van der Waals surface area (Å²) in [5.41, 5.74) is 5.13.